The van der Waals surface area contributed by atoms with Crippen LogP contribution in [0.5, 0.6) is 0 Å². The summed E-state index contributed by atoms with van der Waals surface area (Å²) in [6.07, 6.45) is 2.93. The summed E-state index contributed by atoms with van der Waals surface area (Å²) >= 11 is 5.53. The molecule has 0 saturated heterocycles. The Labute approximate surface area is 156 Å². The van der Waals surface area contributed by atoms with E-state index in [-0.39, 0.29) is 5.56 Å². The van der Waals surface area contributed by atoms with Gasteiger partial charge in [-0.25, -0.2) is 0 Å². The second-order valence-electron chi connectivity index (χ2n) is 6.33. The number of nitrogens with one attached hydrogen (secondary N) is 1. The van der Waals surface area contributed by atoms with Crippen LogP contribution in [0, 0.1) is 4.77 Å². The van der Waals surface area contributed by atoms with Crippen molar-refractivity contribution >= 4 is 23.3 Å². The average Bonchev–Trinajstić information content (AvgIpc) is 2.99. The largest absolute Gasteiger partial charge is 0.344 e. The number of aryl methyl sites for hydroxylation is 2. The Bertz CT molecular complexity index is 1200. The van der Waals surface area contributed by atoms with Gasteiger partial charge >= 0.3 is 0 Å². The van der Waals surface area contributed by atoms with Crippen molar-refractivity contribution < 1.29 is 0 Å². The molecule has 4 rings (SSSR count). The summed E-state index contributed by atoms with van der Waals surface area (Å²) in [5.41, 5.74) is 5.29. The minimum absolute atomic E-state index is 0.113. The van der Waals surface area contributed by atoms with Crippen LogP contribution < -0.4 is 5.56 Å². The number of aromatic nitrogens is 3. The molecule has 2 aromatic carbocycles. The second-order valence-corrected chi connectivity index (χ2v) is 6.72. The third kappa shape index (κ3) is 2.61. The Morgan fingerprint density at radius 1 is 1.04 bits per heavy atom. The molecule has 0 aliphatic rings. The minimum atomic E-state index is -0.113. The van der Waals surface area contributed by atoms with Gasteiger partial charge in [-0.1, -0.05) is 49.4 Å². The maximum Gasteiger partial charge on any atom is 0.283 e. The van der Waals surface area contributed by atoms with Crippen LogP contribution in [-0.2, 0) is 13.5 Å². The number of benzene rings is 2. The molecule has 0 fully saturated rings. The third-order valence-corrected chi connectivity index (χ3v) is 4.99. The fourth-order valence-electron chi connectivity index (χ4n) is 3.32. The van der Waals surface area contributed by atoms with Gasteiger partial charge in [0.05, 0.1) is 11.2 Å². The van der Waals surface area contributed by atoms with Gasteiger partial charge in [0.1, 0.15) is 5.52 Å². The molecule has 0 bridgehead atoms. The predicted octanol–water partition coefficient (Wildman–Crippen LogP) is 4.62. The Morgan fingerprint density at radius 2 is 1.73 bits per heavy atom. The van der Waals surface area contributed by atoms with Gasteiger partial charge in [0.25, 0.3) is 5.56 Å². The molecule has 1 N–H and O–H groups in total. The first-order valence-electron chi connectivity index (χ1n) is 8.59. The summed E-state index contributed by atoms with van der Waals surface area (Å²) in [6.45, 7) is 2.11. The standard InChI is InChI=1S/C21H19N3OS/c1-3-14-9-11-16(12-10-14)24-20(25)19-18(22-21(24)26)17(13-23(19)2)15-7-5-4-6-8-15/h4-13H,3H2,1-2H3,(H,22,26). The maximum absolute atomic E-state index is 13.2. The summed E-state index contributed by atoms with van der Waals surface area (Å²) < 4.78 is 3.82. The molecule has 0 radical (unpaired) electrons. The first-order chi connectivity index (χ1) is 12.6. The number of fused-ring (bicyclic) bond motifs is 1. The van der Waals surface area contributed by atoms with Crippen LogP contribution in [0.15, 0.2) is 65.6 Å². The highest BCUT2D eigenvalue weighted by atomic mass is 32.1. The molecular formula is C21H19N3OS. The smallest absolute Gasteiger partial charge is 0.283 e. The van der Waals surface area contributed by atoms with E-state index in [1.165, 1.54) is 5.56 Å². The van der Waals surface area contributed by atoms with E-state index in [2.05, 4.69) is 11.9 Å². The van der Waals surface area contributed by atoms with Gasteiger partial charge in [0.2, 0.25) is 0 Å². The number of hydrogen-bond acceptors (Lipinski definition) is 2. The molecule has 0 aliphatic carbocycles. The molecule has 0 saturated carbocycles. The third-order valence-electron chi connectivity index (χ3n) is 4.71. The van der Waals surface area contributed by atoms with Crippen molar-refractivity contribution in [2.75, 3.05) is 0 Å². The zero-order chi connectivity index (χ0) is 18.3. The molecule has 2 heterocycles. The number of nitrogens with zero attached hydrogens (tertiary/aromatic N) is 2. The topological polar surface area (TPSA) is 42.7 Å². The molecular weight excluding hydrogens is 342 g/mol. The van der Waals surface area contributed by atoms with Crippen molar-refractivity contribution in [2.45, 2.75) is 13.3 Å². The maximum atomic E-state index is 13.2. The molecule has 0 unspecified atom stereocenters. The van der Waals surface area contributed by atoms with Gasteiger partial charge in [0.15, 0.2) is 4.77 Å². The van der Waals surface area contributed by atoms with Crippen molar-refractivity contribution in [3.63, 3.8) is 0 Å². The monoisotopic (exact) mass is 361 g/mol. The predicted molar refractivity (Wildman–Crippen MR) is 109 cm³/mol. The number of aromatic amines is 1. The van der Waals surface area contributed by atoms with E-state index in [1.807, 2.05) is 72.4 Å². The quantitative estimate of drug-likeness (QED) is 0.541. The molecule has 26 heavy (non-hydrogen) atoms. The lowest BCUT2D eigenvalue weighted by molar-refractivity contribution is 0.899. The van der Waals surface area contributed by atoms with Gasteiger partial charge in [-0.2, -0.15) is 0 Å². The van der Waals surface area contributed by atoms with Crippen molar-refractivity contribution in [3.05, 3.63) is 81.5 Å². The summed E-state index contributed by atoms with van der Waals surface area (Å²) in [5.74, 6) is 0. The fourth-order valence-corrected chi connectivity index (χ4v) is 3.61. The van der Waals surface area contributed by atoms with E-state index in [9.17, 15) is 4.79 Å². The van der Waals surface area contributed by atoms with Crippen LogP contribution in [0.1, 0.15) is 12.5 Å². The van der Waals surface area contributed by atoms with Crippen LogP contribution >= 0.6 is 12.2 Å². The summed E-state index contributed by atoms with van der Waals surface area (Å²) in [4.78, 5) is 16.5. The Kier molecular flexibility index (Phi) is 4.09. The molecule has 130 valence electrons. The highest BCUT2D eigenvalue weighted by Crippen LogP contribution is 2.27. The lowest BCUT2D eigenvalue weighted by Gasteiger charge is -2.08. The van der Waals surface area contributed by atoms with E-state index in [1.54, 1.807) is 4.57 Å². The van der Waals surface area contributed by atoms with E-state index < -0.39 is 0 Å². The van der Waals surface area contributed by atoms with Crippen LogP contribution in [0.4, 0.5) is 0 Å². The summed E-state index contributed by atoms with van der Waals surface area (Å²) in [7, 11) is 1.89. The van der Waals surface area contributed by atoms with Crippen LogP contribution in [-0.4, -0.2) is 14.1 Å². The number of H-pyrrole nitrogens is 1. The number of rotatable bonds is 3. The molecule has 4 nitrogen and oxygen atoms in total. The highest BCUT2D eigenvalue weighted by Gasteiger charge is 2.15. The molecule has 5 heteroatoms. The molecule has 0 amide bonds. The Balaban J connectivity index is 2.00. The lowest BCUT2D eigenvalue weighted by Crippen LogP contribution is -2.21. The SMILES string of the molecule is CCc1ccc(-n2c(=S)[nH]c3c(-c4ccccc4)cn(C)c3c2=O)cc1. The molecule has 0 spiro atoms. The van der Waals surface area contributed by atoms with Crippen molar-refractivity contribution in [3.8, 4) is 16.8 Å². The zero-order valence-electron chi connectivity index (χ0n) is 14.7. The average molecular weight is 361 g/mol. The van der Waals surface area contributed by atoms with Crippen molar-refractivity contribution in [2.24, 2.45) is 7.05 Å². The van der Waals surface area contributed by atoms with Crippen molar-refractivity contribution in [1.82, 2.24) is 14.1 Å². The minimum Gasteiger partial charge on any atom is -0.344 e. The van der Waals surface area contributed by atoms with E-state index in [0.29, 0.717) is 10.3 Å². The summed E-state index contributed by atoms with van der Waals surface area (Å²) in [5, 5.41) is 0. The second kappa shape index (κ2) is 6.42. The molecule has 4 aromatic rings. The first-order valence-corrected chi connectivity index (χ1v) is 9.00. The van der Waals surface area contributed by atoms with Gasteiger partial charge in [-0.05, 0) is 41.9 Å². The van der Waals surface area contributed by atoms with Gasteiger partial charge < -0.3 is 9.55 Å². The number of hydrogen-bond donors (Lipinski definition) is 1. The van der Waals surface area contributed by atoms with E-state index >= 15 is 0 Å². The Hall–Kier alpha value is -2.92. The summed E-state index contributed by atoms with van der Waals surface area (Å²) in [6, 6.07) is 17.9. The Morgan fingerprint density at radius 3 is 2.38 bits per heavy atom. The van der Waals surface area contributed by atoms with Crippen LogP contribution in [0.3, 0.4) is 0 Å². The van der Waals surface area contributed by atoms with Gasteiger partial charge in [-0.15, -0.1) is 0 Å². The highest BCUT2D eigenvalue weighted by molar-refractivity contribution is 7.71. The van der Waals surface area contributed by atoms with Crippen molar-refractivity contribution in [1.29, 1.82) is 0 Å². The molecule has 2 aromatic heterocycles. The van der Waals surface area contributed by atoms with E-state index in [0.717, 1.165) is 28.8 Å². The molecule has 0 aliphatic heterocycles. The lowest BCUT2D eigenvalue weighted by atomic mass is 10.1. The van der Waals surface area contributed by atoms with Gasteiger partial charge in [0, 0.05) is 18.8 Å². The van der Waals surface area contributed by atoms with Crippen LogP contribution in [0.2, 0.25) is 0 Å². The zero-order valence-corrected chi connectivity index (χ0v) is 15.5. The van der Waals surface area contributed by atoms with E-state index in [4.69, 9.17) is 12.2 Å². The molecule has 0 atom stereocenters. The fraction of sp³-hybridized carbons (Fsp3) is 0.143. The van der Waals surface area contributed by atoms with Gasteiger partial charge in [-0.3, -0.25) is 9.36 Å². The van der Waals surface area contributed by atoms with Crippen LogP contribution in [0.25, 0.3) is 27.8 Å². The normalized spacial score (nSPS) is 11.2. The first kappa shape index (κ1) is 16.5.